The lowest BCUT2D eigenvalue weighted by Crippen LogP contribution is -2.15. The van der Waals surface area contributed by atoms with E-state index in [1.165, 1.54) is 5.56 Å². The lowest BCUT2D eigenvalue weighted by Gasteiger charge is -2.08. The molecule has 2 N–H and O–H groups in total. The maximum absolute atomic E-state index is 11.7. The lowest BCUT2D eigenvalue weighted by atomic mass is 10.1. The fourth-order valence-electron chi connectivity index (χ4n) is 2.04. The molecule has 0 aliphatic rings. The summed E-state index contributed by atoms with van der Waals surface area (Å²) in [5, 5.41) is 14.7. The molecule has 2 rings (SSSR count). The molecule has 0 fully saturated rings. The second kappa shape index (κ2) is 8.48. The standard InChI is InChI=1S/C17H21ClN4O/c1-12(2)11-17(23)20-16-8-7-15(21-22-16)19-10-9-13-3-5-14(18)6-4-13/h3-8,12H,9-11H2,1-2H3,(H,19,21)(H,20,22,23). The van der Waals surface area contributed by atoms with E-state index < -0.39 is 0 Å². The Morgan fingerprint density at radius 1 is 1.09 bits per heavy atom. The Labute approximate surface area is 141 Å². The number of nitrogens with one attached hydrogen (secondary N) is 2. The summed E-state index contributed by atoms with van der Waals surface area (Å²) in [6.45, 7) is 4.74. The molecule has 6 heteroatoms. The van der Waals surface area contributed by atoms with E-state index in [-0.39, 0.29) is 5.91 Å². The Bertz CT molecular complexity index is 626. The van der Waals surface area contributed by atoms with Crippen molar-refractivity contribution in [1.82, 2.24) is 10.2 Å². The van der Waals surface area contributed by atoms with Gasteiger partial charge in [0.2, 0.25) is 5.91 Å². The molecule has 1 aromatic carbocycles. The average molecular weight is 333 g/mol. The average Bonchev–Trinajstić information content (AvgIpc) is 2.50. The fraction of sp³-hybridized carbons (Fsp3) is 0.353. The Balaban J connectivity index is 1.78. The molecule has 0 radical (unpaired) electrons. The zero-order valence-corrected chi connectivity index (χ0v) is 14.1. The van der Waals surface area contributed by atoms with Gasteiger partial charge in [0.1, 0.15) is 5.82 Å². The molecule has 0 aliphatic carbocycles. The van der Waals surface area contributed by atoms with Crippen LogP contribution >= 0.6 is 11.6 Å². The highest BCUT2D eigenvalue weighted by Crippen LogP contribution is 2.11. The van der Waals surface area contributed by atoms with Crippen molar-refractivity contribution in [2.75, 3.05) is 17.2 Å². The van der Waals surface area contributed by atoms with Crippen molar-refractivity contribution in [3.8, 4) is 0 Å². The molecule has 122 valence electrons. The number of amides is 1. The number of hydrogen-bond donors (Lipinski definition) is 2. The summed E-state index contributed by atoms with van der Waals surface area (Å²) in [5.74, 6) is 1.43. The number of aromatic nitrogens is 2. The molecule has 0 unspecified atom stereocenters. The van der Waals surface area contributed by atoms with Gasteiger partial charge in [-0.15, -0.1) is 10.2 Å². The number of nitrogens with zero attached hydrogens (tertiary/aromatic N) is 2. The quantitative estimate of drug-likeness (QED) is 0.810. The molecule has 0 atom stereocenters. The number of benzene rings is 1. The van der Waals surface area contributed by atoms with Crippen molar-refractivity contribution < 1.29 is 4.79 Å². The van der Waals surface area contributed by atoms with Crippen molar-refractivity contribution in [2.45, 2.75) is 26.7 Å². The molecule has 1 amide bonds. The van der Waals surface area contributed by atoms with Crippen molar-refractivity contribution >= 4 is 29.1 Å². The van der Waals surface area contributed by atoms with Gasteiger partial charge in [-0.1, -0.05) is 37.6 Å². The SMILES string of the molecule is CC(C)CC(=O)Nc1ccc(NCCc2ccc(Cl)cc2)nn1. The Morgan fingerprint density at radius 3 is 2.35 bits per heavy atom. The number of carbonyl (C=O) groups is 1. The third-order valence-electron chi connectivity index (χ3n) is 3.16. The molecule has 0 spiro atoms. The Morgan fingerprint density at radius 2 is 1.74 bits per heavy atom. The van der Waals surface area contributed by atoms with Crippen LogP contribution in [0, 0.1) is 5.92 Å². The van der Waals surface area contributed by atoms with Gasteiger partial charge >= 0.3 is 0 Å². The highest BCUT2D eigenvalue weighted by Gasteiger charge is 2.06. The van der Waals surface area contributed by atoms with Crippen LogP contribution in [0.25, 0.3) is 0 Å². The minimum Gasteiger partial charge on any atom is -0.368 e. The second-order valence-electron chi connectivity index (χ2n) is 5.75. The minimum absolute atomic E-state index is 0.0438. The summed E-state index contributed by atoms with van der Waals surface area (Å²) in [6, 6.07) is 11.3. The van der Waals surface area contributed by atoms with Crippen LogP contribution in [0.2, 0.25) is 5.02 Å². The van der Waals surface area contributed by atoms with Crippen LogP contribution < -0.4 is 10.6 Å². The Kier molecular flexibility index (Phi) is 6.35. The summed E-state index contributed by atoms with van der Waals surface area (Å²) < 4.78 is 0. The summed E-state index contributed by atoms with van der Waals surface area (Å²) in [6.07, 6.45) is 1.34. The van der Waals surface area contributed by atoms with E-state index in [1.54, 1.807) is 12.1 Å². The highest BCUT2D eigenvalue weighted by molar-refractivity contribution is 6.30. The van der Waals surface area contributed by atoms with Gasteiger partial charge in [0, 0.05) is 18.0 Å². The predicted octanol–water partition coefficient (Wildman–Crippen LogP) is 3.77. The van der Waals surface area contributed by atoms with Crippen molar-refractivity contribution in [1.29, 1.82) is 0 Å². The van der Waals surface area contributed by atoms with Crippen molar-refractivity contribution in [3.05, 3.63) is 47.0 Å². The first kappa shape index (κ1) is 17.2. The van der Waals surface area contributed by atoms with E-state index in [0.717, 1.165) is 18.0 Å². The third-order valence-corrected chi connectivity index (χ3v) is 3.41. The molecule has 23 heavy (non-hydrogen) atoms. The molecule has 1 heterocycles. The van der Waals surface area contributed by atoms with Crippen LogP contribution in [0.5, 0.6) is 0 Å². The van der Waals surface area contributed by atoms with E-state index in [4.69, 9.17) is 11.6 Å². The van der Waals surface area contributed by atoms with Crippen LogP contribution in [-0.4, -0.2) is 22.6 Å². The zero-order valence-electron chi connectivity index (χ0n) is 13.3. The van der Waals surface area contributed by atoms with Gasteiger partial charge in [0.25, 0.3) is 0 Å². The van der Waals surface area contributed by atoms with Crippen molar-refractivity contribution in [2.24, 2.45) is 5.92 Å². The normalized spacial score (nSPS) is 10.6. The van der Waals surface area contributed by atoms with E-state index in [9.17, 15) is 4.79 Å². The van der Waals surface area contributed by atoms with Crippen LogP contribution in [0.3, 0.4) is 0 Å². The molecule has 0 aliphatic heterocycles. The summed E-state index contributed by atoms with van der Waals surface area (Å²) >= 11 is 5.86. The Hall–Kier alpha value is -2.14. The molecule has 5 nitrogen and oxygen atoms in total. The van der Waals surface area contributed by atoms with Gasteiger partial charge in [0.15, 0.2) is 5.82 Å². The lowest BCUT2D eigenvalue weighted by molar-refractivity contribution is -0.116. The van der Waals surface area contributed by atoms with Gasteiger partial charge < -0.3 is 10.6 Å². The van der Waals surface area contributed by atoms with E-state index in [0.29, 0.717) is 24.0 Å². The van der Waals surface area contributed by atoms with Crippen molar-refractivity contribution in [3.63, 3.8) is 0 Å². The molecule has 0 saturated carbocycles. The van der Waals surface area contributed by atoms with Crippen LogP contribution in [0.4, 0.5) is 11.6 Å². The number of halogens is 1. The highest BCUT2D eigenvalue weighted by atomic mass is 35.5. The van der Waals surface area contributed by atoms with Gasteiger partial charge in [-0.05, 0) is 42.2 Å². The second-order valence-corrected chi connectivity index (χ2v) is 6.19. The predicted molar refractivity (Wildman–Crippen MR) is 93.8 cm³/mol. The largest absolute Gasteiger partial charge is 0.368 e. The van der Waals surface area contributed by atoms with Gasteiger partial charge in [-0.3, -0.25) is 4.79 Å². The molecule has 0 bridgehead atoms. The van der Waals surface area contributed by atoms with Crippen LogP contribution in [-0.2, 0) is 11.2 Å². The first-order valence-corrected chi connectivity index (χ1v) is 8.02. The van der Waals surface area contributed by atoms with E-state index >= 15 is 0 Å². The molecule has 1 aromatic heterocycles. The molecular weight excluding hydrogens is 312 g/mol. The van der Waals surface area contributed by atoms with E-state index in [2.05, 4.69) is 20.8 Å². The number of carbonyl (C=O) groups excluding carboxylic acids is 1. The molecular formula is C17H21ClN4O. The maximum atomic E-state index is 11.7. The smallest absolute Gasteiger partial charge is 0.225 e. The van der Waals surface area contributed by atoms with E-state index in [1.807, 2.05) is 38.1 Å². The monoisotopic (exact) mass is 332 g/mol. The fourth-order valence-corrected chi connectivity index (χ4v) is 2.17. The topological polar surface area (TPSA) is 66.9 Å². The minimum atomic E-state index is -0.0438. The number of rotatable bonds is 7. The van der Waals surface area contributed by atoms with Crippen LogP contribution in [0.1, 0.15) is 25.8 Å². The number of anilines is 2. The summed E-state index contributed by atoms with van der Waals surface area (Å²) in [7, 11) is 0. The first-order valence-electron chi connectivity index (χ1n) is 7.65. The van der Waals surface area contributed by atoms with Crippen LogP contribution in [0.15, 0.2) is 36.4 Å². The zero-order chi connectivity index (χ0) is 16.7. The molecule has 0 saturated heterocycles. The maximum Gasteiger partial charge on any atom is 0.225 e. The summed E-state index contributed by atoms with van der Waals surface area (Å²) in [5.41, 5.74) is 1.20. The van der Waals surface area contributed by atoms with Gasteiger partial charge in [0.05, 0.1) is 0 Å². The van der Waals surface area contributed by atoms with Gasteiger partial charge in [-0.25, -0.2) is 0 Å². The molecule has 2 aromatic rings. The number of hydrogen-bond acceptors (Lipinski definition) is 4. The third kappa shape index (κ3) is 6.24. The summed E-state index contributed by atoms with van der Waals surface area (Å²) in [4.78, 5) is 11.7. The van der Waals surface area contributed by atoms with Gasteiger partial charge in [-0.2, -0.15) is 0 Å². The first-order chi connectivity index (χ1) is 11.0.